The Bertz CT molecular complexity index is 589. The zero-order valence-corrected chi connectivity index (χ0v) is 12.1. The van der Waals surface area contributed by atoms with Gasteiger partial charge in [0.25, 0.3) is 0 Å². The van der Waals surface area contributed by atoms with Crippen LogP contribution in [0.3, 0.4) is 0 Å². The molecule has 2 heterocycles. The van der Waals surface area contributed by atoms with Crippen LogP contribution in [0.4, 0.5) is 0 Å². The second kappa shape index (κ2) is 6.54. The number of benzene rings is 1. The minimum Gasteiger partial charge on any atom is -0.486 e. The third-order valence-electron chi connectivity index (χ3n) is 3.44. The summed E-state index contributed by atoms with van der Waals surface area (Å²) in [6.45, 7) is 4.29. The van der Waals surface area contributed by atoms with Crippen molar-refractivity contribution in [3.63, 3.8) is 0 Å². The number of nitrogens with one attached hydrogen (secondary N) is 1. The molecule has 0 bridgehead atoms. The standard InChI is InChI=1S/C16H19N3O2/c1-2-6-17-16(13-5-7-18-19-11-13)12-3-4-14-15(10-12)21-9-8-20-14/h3-5,7,10-11,16-17H,2,6,8-9H2,1H3. The lowest BCUT2D eigenvalue weighted by atomic mass is 9.99. The van der Waals surface area contributed by atoms with Crippen LogP contribution in [0.15, 0.2) is 36.7 Å². The lowest BCUT2D eigenvalue weighted by molar-refractivity contribution is 0.171. The van der Waals surface area contributed by atoms with Gasteiger partial charge in [0.15, 0.2) is 11.5 Å². The summed E-state index contributed by atoms with van der Waals surface area (Å²) in [6.07, 6.45) is 4.58. The van der Waals surface area contributed by atoms with Crippen LogP contribution in [0.5, 0.6) is 11.5 Å². The number of hydrogen-bond acceptors (Lipinski definition) is 5. The highest BCUT2D eigenvalue weighted by Crippen LogP contribution is 2.34. The molecule has 1 N–H and O–H groups in total. The maximum absolute atomic E-state index is 5.67. The third kappa shape index (κ3) is 3.13. The molecule has 110 valence electrons. The molecule has 1 aliphatic rings. The summed E-state index contributed by atoms with van der Waals surface area (Å²) in [5, 5.41) is 11.4. The zero-order chi connectivity index (χ0) is 14.5. The van der Waals surface area contributed by atoms with E-state index in [2.05, 4.69) is 28.5 Å². The molecule has 0 spiro atoms. The van der Waals surface area contributed by atoms with Crippen molar-refractivity contribution in [2.75, 3.05) is 19.8 Å². The maximum Gasteiger partial charge on any atom is 0.161 e. The lowest BCUT2D eigenvalue weighted by Crippen LogP contribution is -2.24. The Morgan fingerprint density at radius 1 is 1.10 bits per heavy atom. The van der Waals surface area contributed by atoms with Crippen LogP contribution in [0, 0.1) is 0 Å². The monoisotopic (exact) mass is 285 g/mol. The predicted octanol–water partition coefficient (Wildman–Crippen LogP) is 2.34. The van der Waals surface area contributed by atoms with E-state index in [0.717, 1.165) is 35.6 Å². The largest absolute Gasteiger partial charge is 0.486 e. The zero-order valence-electron chi connectivity index (χ0n) is 12.1. The van der Waals surface area contributed by atoms with Crippen LogP contribution in [0.1, 0.15) is 30.5 Å². The minimum absolute atomic E-state index is 0.0799. The van der Waals surface area contributed by atoms with Crippen molar-refractivity contribution in [1.29, 1.82) is 0 Å². The number of nitrogens with zero attached hydrogens (tertiary/aromatic N) is 2. The first-order chi connectivity index (χ1) is 10.4. The Kier molecular flexibility index (Phi) is 4.31. The van der Waals surface area contributed by atoms with Crippen molar-refractivity contribution in [2.24, 2.45) is 0 Å². The van der Waals surface area contributed by atoms with Crippen LogP contribution in [0.2, 0.25) is 0 Å². The summed E-state index contributed by atoms with van der Waals surface area (Å²) in [7, 11) is 0. The fourth-order valence-electron chi connectivity index (χ4n) is 2.43. The van der Waals surface area contributed by atoms with Crippen LogP contribution < -0.4 is 14.8 Å². The molecule has 1 aliphatic heterocycles. The fraction of sp³-hybridized carbons (Fsp3) is 0.375. The van der Waals surface area contributed by atoms with Crippen LogP contribution >= 0.6 is 0 Å². The van der Waals surface area contributed by atoms with E-state index in [1.807, 2.05) is 18.2 Å². The van der Waals surface area contributed by atoms with Crippen LogP contribution in [-0.2, 0) is 0 Å². The van der Waals surface area contributed by atoms with Gasteiger partial charge in [-0.05, 0) is 42.3 Å². The Labute approximate surface area is 124 Å². The van der Waals surface area contributed by atoms with Gasteiger partial charge in [0.05, 0.1) is 12.2 Å². The second-order valence-corrected chi connectivity index (χ2v) is 4.97. The van der Waals surface area contributed by atoms with Crippen LogP contribution in [0.25, 0.3) is 0 Å². The molecule has 0 radical (unpaired) electrons. The number of fused-ring (bicyclic) bond motifs is 1. The molecule has 1 aromatic carbocycles. The molecule has 5 heteroatoms. The number of hydrogen-bond donors (Lipinski definition) is 1. The van der Waals surface area contributed by atoms with E-state index in [0.29, 0.717) is 13.2 Å². The lowest BCUT2D eigenvalue weighted by Gasteiger charge is -2.23. The molecule has 2 aromatic rings. The highest BCUT2D eigenvalue weighted by atomic mass is 16.6. The maximum atomic E-state index is 5.67. The Morgan fingerprint density at radius 3 is 2.71 bits per heavy atom. The van der Waals surface area contributed by atoms with E-state index in [-0.39, 0.29) is 6.04 Å². The van der Waals surface area contributed by atoms with Crippen molar-refractivity contribution in [1.82, 2.24) is 15.5 Å². The van der Waals surface area contributed by atoms with E-state index in [4.69, 9.17) is 9.47 Å². The summed E-state index contributed by atoms with van der Waals surface area (Å²) in [6, 6.07) is 8.15. The van der Waals surface area contributed by atoms with Gasteiger partial charge in [-0.25, -0.2) is 0 Å². The van der Waals surface area contributed by atoms with Gasteiger partial charge in [-0.2, -0.15) is 10.2 Å². The number of ether oxygens (including phenoxy) is 2. The van der Waals surface area contributed by atoms with Gasteiger partial charge in [0.2, 0.25) is 0 Å². The van der Waals surface area contributed by atoms with Crippen molar-refractivity contribution in [3.8, 4) is 11.5 Å². The molecule has 1 aromatic heterocycles. The molecule has 1 atom stereocenters. The van der Waals surface area contributed by atoms with E-state index in [1.165, 1.54) is 0 Å². The molecule has 0 saturated carbocycles. The van der Waals surface area contributed by atoms with Gasteiger partial charge in [-0.15, -0.1) is 0 Å². The molecule has 1 unspecified atom stereocenters. The Balaban J connectivity index is 1.92. The SMILES string of the molecule is CCCNC(c1ccnnc1)c1ccc2c(c1)OCCO2. The molecule has 0 saturated heterocycles. The van der Waals surface area contributed by atoms with E-state index in [9.17, 15) is 0 Å². The molecule has 0 amide bonds. The highest BCUT2D eigenvalue weighted by molar-refractivity contribution is 5.46. The summed E-state index contributed by atoms with van der Waals surface area (Å²) >= 11 is 0. The first kappa shape index (κ1) is 13.8. The van der Waals surface area contributed by atoms with Crippen molar-refractivity contribution in [3.05, 3.63) is 47.8 Å². The molecular weight excluding hydrogens is 266 g/mol. The van der Waals surface area contributed by atoms with E-state index in [1.54, 1.807) is 12.4 Å². The van der Waals surface area contributed by atoms with Crippen molar-refractivity contribution >= 4 is 0 Å². The Hall–Kier alpha value is -2.14. The van der Waals surface area contributed by atoms with Gasteiger partial charge in [-0.3, -0.25) is 0 Å². The first-order valence-electron chi connectivity index (χ1n) is 7.28. The number of rotatable bonds is 5. The van der Waals surface area contributed by atoms with E-state index >= 15 is 0 Å². The molecule has 0 aliphatic carbocycles. The van der Waals surface area contributed by atoms with Crippen LogP contribution in [-0.4, -0.2) is 30.0 Å². The van der Waals surface area contributed by atoms with Gasteiger partial charge >= 0.3 is 0 Å². The van der Waals surface area contributed by atoms with Gasteiger partial charge in [-0.1, -0.05) is 13.0 Å². The minimum atomic E-state index is 0.0799. The summed E-state index contributed by atoms with van der Waals surface area (Å²) in [4.78, 5) is 0. The number of aromatic nitrogens is 2. The topological polar surface area (TPSA) is 56.3 Å². The quantitative estimate of drug-likeness (QED) is 0.913. The third-order valence-corrected chi connectivity index (χ3v) is 3.44. The van der Waals surface area contributed by atoms with Gasteiger partial charge in [0, 0.05) is 6.20 Å². The molecule has 5 nitrogen and oxygen atoms in total. The molecular formula is C16H19N3O2. The second-order valence-electron chi connectivity index (χ2n) is 4.97. The molecule has 0 fully saturated rings. The van der Waals surface area contributed by atoms with E-state index < -0.39 is 0 Å². The Morgan fingerprint density at radius 2 is 1.95 bits per heavy atom. The average Bonchev–Trinajstić information content (AvgIpc) is 2.56. The highest BCUT2D eigenvalue weighted by Gasteiger charge is 2.18. The average molecular weight is 285 g/mol. The van der Waals surface area contributed by atoms with Crippen molar-refractivity contribution < 1.29 is 9.47 Å². The fourth-order valence-corrected chi connectivity index (χ4v) is 2.43. The normalized spacial score (nSPS) is 14.7. The van der Waals surface area contributed by atoms with Gasteiger partial charge in [0.1, 0.15) is 13.2 Å². The summed E-state index contributed by atoms with van der Waals surface area (Å²) in [5.74, 6) is 1.62. The van der Waals surface area contributed by atoms with Gasteiger partial charge < -0.3 is 14.8 Å². The molecule has 3 rings (SSSR count). The van der Waals surface area contributed by atoms with Crippen molar-refractivity contribution in [2.45, 2.75) is 19.4 Å². The predicted molar refractivity (Wildman–Crippen MR) is 79.6 cm³/mol. The smallest absolute Gasteiger partial charge is 0.161 e. The summed E-state index contributed by atoms with van der Waals surface area (Å²) in [5.41, 5.74) is 2.23. The first-order valence-corrected chi connectivity index (χ1v) is 7.28. The summed E-state index contributed by atoms with van der Waals surface area (Å²) < 4.78 is 11.3. The molecule has 21 heavy (non-hydrogen) atoms.